The van der Waals surface area contributed by atoms with E-state index < -0.39 is 5.92 Å². The topological polar surface area (TPSA) is 177 Å². The highest BCUT2D eigenvalue weighted by Gasteiger charge is 2.28. The zero-order valence-corrected chi connectivity index (χ0v) is 28.4. The van der Waals surface area contributed by atoms with Gasteiger partial charge in [0.05, 0.1) is 17.6 Å². The predicted octanol–water partition coefficient (Wildman–Crippen LogP) is 3.02. The molecule has 0 saturated carbocycles. The van der Waals surface area contributed by atoms with Gasteiger partial charge in [0.25, 0.3) is 17.4 Å². The Bertz CT molecular complexity index is 2030. The summed E-state index contributed by atoms with van der Waals surface area (Å²) < 4.78 is 6.93. The Morgan fingerprint density at radius 2 is 1.86 bits per heavy atom. The highest BCUT2D eigenvalue weighted by molar-refractivity contribution is 6.33. The van der Waals surface area contributed by atoms with Crippen LogP contribution in [0.5, 0.6) is 5.75 Å². The molecule has 0 radical (unpaired) electrons. The van der Waals surface area contributed by atoms with Crippen LogP contribution in [-0.4, -0.2) is 71.5 Å². The molecule has 260 valence electrons. The van der Waals surface area contributed by atoms with Crippen LogP contribution in [0.3, 0.4) is 0 Å². The third-order valence-corrected chi connectivity index (χ3v) is 9.34. The van der Waals surface area contributed by atoms with E-state index in [1.807, 2.05) is 18.2 Å². The number of halogens is 1. The minimum Gasteiger partial charge on any atom is -0.478 e. The molecule has 4 heterocycles. The molecule has 1 atom stereocenters. The summed E-state index contributed by atoms with van der Waals surface area (Å²) in [4.78, 5) is 72.4. The molecular formula is C35H37ClN8O6. The fourth-order valence-corrected chi connectivity index (χ4v) is 6.31. The first kappa shape index (κ1) is 34.4. The number of rotatable bonds is 10. The van der Waals surface area contributed by atoms with Gasteiger partial charge >= 0.3 is 0 Å². The summed E-state index contributed by atoms with van der Waals surface area (Å²) in [5.74, 6) is -0.338. The molecular weight excluding hydrogens is 664 g/mol. The number of carbonyl (C=O) groups is 4. The van der Waals surface area contributed by atoms with Crippen LogP contribution in [-0.2, 0) is 21.4 Å². The number of fused-ring (bicyclic) bond motifs is 1. The van der Waals surface area contributed by atoms with Crippen molar-refractivity contribution < 1.29 is 23.9 Å². The van der Waals surface area contributed by atoms with Gasteiger partial charge in [-0.3, -0.25) is 29.3 Å². The lowest BCUT2D eigenvalue weighted by Crippen LogP contribution is -2.40. The fraction of sp³-hybridized carbons (Fsp3) is 0.343. The Morgan fingerprint density at radius 1 is 1.06 bits per heavy atom. The number of nitrogens with one attached hydrogen (secondary N) is 4. The van der Waals surface area contributed by atoms with Gasteiger partial charge < -0.3 is 30.2 Å². The van der Waals surface area contributed by atoms with Crippen LogP contribution in [0, 0.1) is 5.92 Å². The smallest absolute Gasteiger partial charge is 0.293 e. The first-order valence-corrected chi connectivity index (χ1v) is 16.7. The molecule has 0 spiro atoms. The summed E-state index contributed by atoms with van der Waals surface area (Å²) in [5.41, 5.74) is 2.20. The van der Waals surface area contributed by atoms with Crippen molar-refractivity contribution in [1.82, 2.24) is 30.5 Å². The number of amides is 4. The standard InChI is InChI=1S/C35H37ClN8O6/c1-37-30(46)19-50-28-16-23-15-24(6-8-27(23)43(2)34(28)49)40-31-26(36)18-39-35(42-31)44-12-10-20(11-13-44)17-38-32(47)22-5-3-4-21(14-22)25-7-9-29(45)41-33(25)48/h3-6,8,14-16,18,20,25H,7,9-13,17,19H2,1-2H3,(H,37,46)(H,38,47)(H,39,40,42)(H,41,45,48)/t25-/m0/s1. The number of imide groups is 1. The van der Waals surface area contributed by atoms with E-state index >= 15 is 0 Å². The van der Waals surface area contributed by atoms with Crippen LogP contribution < -0.4 is 36.5 Å². The summed E-state index contributed by atoms with van der Waals surface area (Å²) >= 11 is 6.49. The van der Waals surface area contributed by atoms with E-state index in [0.29, 0.717) is 65.0 Å². The molecule has 0 unspecified atom stereocenters. The maximum absolute atomic E-state index is 13.0. The van der Waals surface area contributed by atoms with Crippen LogP contribution in [0.1, 0.15) is 47.5 Å². The van der Waals surface area contributed by atoms with E-state index in [4.69, 9.17) is 21.3 Å². The minimum absolute atomic E-state index is 0.0602. The Morgan fingerprint density at radius 3 is 2.62 bits per heavy atom. The highest BCUT2D eigenvalue weighted by Crippen LogP contribution is 2.29. The Labute approximate surface area is 292 Å². The Hall–Kier alpha value is -5.50. The van der Waals surface area contributed by atoms with E-state index in [9.17, 15) is 24.0 Å². The third-order valence-electron chi connectivity index (χ3n) is 9.06. The zero-order chi connectivity index (χ0) is 35.4. The van der Waals surface area contributed by atoms with Crippen molar-refractivity contribution in [1.29, 1.82) is 0 Å². The van der Waals surface area contributed by atoms with Gasteiger partial charge in [0.2, 0.25) is 17.8 Å². The molecule has 2 aromatic heterocycles. The zero-order valence-electron chi connectivity index (χ0n) is 27.6. The summed E-state index contributed by atoms with van der Waals surface area (Å²) in [5, 5.41) is 12.2. The number of benzene rings is 2. The van der Waals surface area contributed by atoms with E-state index in [2.05, 4.69) is 31.2 Å². The number of pyridine rings is 1. The van der Waals surface area contributed by atoms with Crippen LogP contribution >= 0.6 is 11.6 Å². The third kappa shape index (κ3) is 7.70. The largest absolute Gasteiger partial charge is 0.478 e. The molecule has 15 heteroatoms. The van der Waals surface area contributed by atoms with Crippen molar-refractivity contribution in [3.05, 3.63) is 81.2 Å². The molecule has 2 fully saturated rings. The maximum Gasteiger partial charge on any atom is 0.293 e. The van der Waals surface area contributed by atoms with Crippen LogP contribution in [0.4, 0.5) is 17.5 Å². The highest BCUT2D eigenvalue weighted by atomic mass is 35.5. The van der Waals surface area contributed by atoms with Gasteiger partial charge in [0.1, 0.15) is 5.02 Å². The van der Waals surface area contributed by atoms with Gasteiger partial charge in [0.15, 0.2) is 18.2 Å². The van der Waals surface area contributed by atoms with Gasteiger partial charge in [-0.15, -0.1) is 0 Å². The molecule has 4 amide bonds. The van der Waals surface area contributed by atoms with Gasteiger partial charge in [-0.05, 0) is 67.1 Å². The summed E-state index contributed by atoms with van der Waals surface area (Å²) in [6, 6.07) is 14.1. The van der Waals surface area contributed by atoms with Crippen LogP contribution in [0.2, 0.25) is 5.02 Å². The first-order chi connectivity index (χ1) is 24.1. The molecule has 4 aromatic rings. The molecule has 2 aromatic carbocycles. The Balaban J connectivity index is 1.06. The van der Waals surface area contributed by atoms with E-state index in [0.717, 1.165) is 18.4 Å². The lowest BCUT2D eigenvalue weighted by Gasteiger charge is -2.32. The molecule has 6 rings (SSSR count). The molecule has 50 heavy (non-hydrogen) atoms. The minimum atomic E-state index is -0.449. The molecule has 0 aliphatic carbocycles. The number of aromatic nitrogens is 3. The van der Waals surface area contributed by atoms with Gasteiger partial charge in [-0.2, -0.15) is 4.98 Å². The number of ether oxygens (including phenoxy) is 1. The van der Waals surface area contributed by atoms with Gasteiger partial charge in [0, 0.05) is 56.8 Å². The SMILES string of the molecule is CNC(=O)COc1cc2cc(Nc3nc(N4CCC(CNC(=O)c5cccc([C@@H]6CCC(=O)NC6=O)c5)CC4)ncc3Cl)ccc2n(C)c1=O. The molecule has 14 nitrogen and oxygen atoms in total. The van der Waals surface area contributed by atoms with Crippen molar-refractivity contribution in [2.24, 2.45) is 13.0 Å². The van der Waals surface area contributed by atoms with Crippen molar-refractivity contribution in [2.45, 2.75) is 31.6 Å². The van der Waals surface area contributed by atoms with Crippen molar-refractivity contribution in [2.75, 3.05) is 43.5 Å². The predicted molar refractivity (Wildman–Crippen MR) is 188 cm³/mol. The summed E-state index contributed by atoms with van der Waals surface area (Å²) in [7, 11) is 3.13. The van der Waals surface area contributed by atoms with Crippen molar-refractivity contribution in [3.63, 3.8) is 0 Å². The van der Waals surface area contributed by atoms with E-state index in [-0.39, 0.29) is 53.9 Å². The number of likely N-dealkylation sites (N-methyl/N-ethyl adjacent to an activating group) is 1. The fourth-order valence-electron chi connectivity index (χ4n) is 6.17. The second-order valence-corrected chi connectivity index (χ2v) is 12.8. The molecule has 2 saturated heterocycles. The lowest BCUT2D eigenvalue weighted by atomic mass is 9.89. The number of aryl methyl sites for hydroxylation is 1. The first-order valence-electron chi connectivity index (χ1n) is 16.3. The van der Waals surface area contributed by atoms with E-state index in [1.54, 1.807) is 43.6 Å². The molecule has 2 aliphatic heterocycles. The van der Waals surface area contributed by atoms with Crippen LogP contribution in [0.25, 0.3) is 10.9 Å². The van der Waals surface area contributed by atoms with Crippen molar-refractivity contribution >= 4 is 63.6 Å². The molecule has 4 N–H and O–H groups in total. The van der Waals surface area contributed by atoms with Gasteiger partial charge in [-0.25, -0.2) is 4.98 Å². The quantitative estimate of drug-likeness (QED) is 0.180. The normalized spacial score (nSPS) is 16.5. The summed E-state index contributed by atoms with van der Waals surface area (Å²) in [6.45, 7) is 1.61. The Kier molecular flexibility index (Phi) is 10.3. The lowest BCUT2D eigenvalue weighted by molar-refractivity contribution is -0.134. The van der Waals surface area contributed by atoms with E-state index in [1.165, 1.54) is 11.6 Å². The monoisotopic (exact) mass is 700 g/mol. The molecule has 0 bridgehead atoms. The number of piperidine rings is 2. The van der Waals surface area contributed by atoms with Gasteiger partial charge in [-0.1, -0.05) is 23.7 Å². The second-order valence-electron chi connectivity index (χ2n) is 12.4. The summed E-state index contributed by atoms with van der Waals surface area (Å²) in [6.07, 6.45) is 3.89. The maximum atomic E-state index is 13.0. The number of nitrogens with zero attached hydrogens (tertiary/aromatic N) is 4. The molecule has 2 aliphatic rings. The average Bonchev–Trinajstić information content (AvgIpc) is 3.12. The second kappa shape index (κ2) is 14.9. The number of hydrogen-bond acceptors (Lipinski definition) is 10. The number of carbonyl (C=O) groups excluding carboxylic acids is 4. The number of hydrogen-bond donors (Lipinski definition) is 4. The van der Waals surface area contributed by atoms with Crippen molar-refractivity contribution in [3.8, 4) is 5.75 Å². The van der Waals surface area contributed by atoms with Crippen LogP contribution in [0.15, 0.2) is 59.5 Å². The average molecular weight is 701 g/mol. The number of anilines is 3.